The highest BCUT2D eigenvalue weighted by Crippen LogP contribution is 2.21. The Bertz CT molecular complexity index is 686. The van der Waals surface area contributed by atoms with Crippen molar-refractivity contribution in [1.29, 1.82) is 5.26 Å². The van der Waals surface area contributed by atoms with Crippen molar-refractivity contribution in [2.24, 2.45) is 0 Å². The summed E-state index contributed by atoms with van der Waals surface area (Å²) in [6, 6.07) is 12.7. The van der Waals surface area contributed by atoms with Crippen LogP contribution in [-0.4, -0.2) is 10.9 Å². The van der Waals surface area contributed by atoms with Gasteiger partial charge in [-0.2, -0.15) is 5.26 Å². The second-order valence-electron chi connectivity index (χ2n) is 4.44. The highest BCUT2D eigenvalue weighted by Gasteiger charge is 2.12. The van der Waals surface area contributed by atoms with Gasteiger partial charge in [0.15, 0.2) is 0 Å². The molecule has 0 saturated carbocycles. The minimum atomic E-state index is -0.300. The van der Waals surface area contributed by atoms with E-state index >= 15 is 0 Å². The van der Waals surface area contributed by atoms with Crippen molar-refractivity contribution >= 4 is 11.6 Å². The summed E-state index contributed by atoms with van der Waals surface area (Å²) in [5.41, 5.74) is 3.39. The molecule has 20 heavy (non-hydrogen) atoms. The molecule has 1 aromatic heterocycles. The third-order valence-electron chi connectivity index (χ3n) is 3.07. The molecule has 0 radical (unpaired) electrons. The van der Waals surface area contributed by atoms with E-state index in [1.165, 1.54) is 0 Å². The Labute approximate surface area is 118 Å². The number of hydrogen-bond donors (Lipinski definition) is 1. The fourth-order valence-electron chi connectivity index (χ4n) is 2.00. The van der Waals surface area contributed by atoms with Gasteiger partial charge in [-0.05, 0) is 36.6 Å². The van der Waals surface area contributed by atoms with Crippen molar-refractivity contribution in [3.05, 3.63) is 58.9 Å². The van der Waals surface area contributed by atoms with Crippen molar-refractivity contribution in [3.8, 4) is 6.07 Å². The molecular weight excluding hydrogens is 250 g/mol. The number of amides is 1. The number of carbonyl (C=O) groups is 1. The Balaban J connectivity index is 2.30. The Morgan fingerprint density at radius 3 is 2.75 bits per heavy atom. The van der Waals surface area contributed by atoms with Crippen LogP contribution >= 0.6 is 0 Å². The van der Waals surface area contributed by atoms with E-state index in [1.807, 2.05) is 38.1 Å². The van der Waals surface area contributed by atoms with Gasteiger partial charge in [0.2, 0.25) is 0 Å². The Hall–Kier alpha value is -2.67. The molecule has 0 aliphatic carbocycles. The van der Waals surface area contributed by atoms with Gasteiger partial charge in [0.1, 0.15) is 17.5 Å². The van der Waals surface area contributed by atoms with Crippen LogP contribution < -0.4 is 5.32 Å². The van der Waals surface area contributed by atoms with E-state index < -0.39 is 0 Å². The van der Waals surface area contributed by atoms with Crippen molar-refractivity contribution in [1.82, 2.24) is 4.98 Å². The van der Waals surface area contributed by atoms with Crippen LogP contribution in [0.5, 0.6) is 0 Å². The minimum absolute atomic E-state index is 0.234. The van der Waals surface area contributed by atoms with Crippen LogP contribution in [0, 0.1) is 18.3 Å². The summed E-state index contributed by atoms with van der Waals surface area (Å²) in [7, 11) is 0. The number of carbonyl (C=O) groups excluding carboxylic acids is 1. The summed E-state index contributed by atoms with van der Waals surface area (Å²) in [6.07, 6.45) is 0.836. The number of para-hydroxylation sites is 1. The van der Waals surface area contributed by atoms with E-state index in [9.17, 15) is 4.79 Å². The molecule has 0 fully saturated rings. The second-order valence-corrected chi connectivity index (χ2v) is 4.44. The predicted molar refractivity (Wildman–Crippen MR) is 77.5 cm³/mol. The molecule has 1 aromatic carbocycles. The molecule has 2 rings (SSSR count). The summed E-state index contributed by atoms with van der Waals surface area (Å²) >= 11 is 0. The standard InChI is InChI=1S/C16H15N3O/c1-3-12-7-4-6-11(2)15(12)19-16(20)14-9-5-8-13(10-17)18-14/h4-9H,3H2,1-2H3,(H,19,20). The summed E-state index contributed by atoms with van der Waals surface area (Å²) in [4.78, 5) is 16.2. The third-order valence-corrected chi connectivity index (χ3v) is 3.07. The number of aromatic nitrogens is 1. The number of benzene rings is 1. The summed E-state index contributed by atoms with van der Waals surface area (Å²) in [5.74, 6) is -0.300. The maximum absolute atomic E-state index is 12.2. The highest BCUT2D eigenvalue weighted by molar-refractivity contribution is 6.03. The number of nitrogens with one attached hydrogen (secondary N) is 1. The fraction of sp³-hybridized carbons (Fsp3) is 0.188. The Morgan fingerprint density at radius 2 is 2.05 bits per heavy atom. The first-order valence-corrected chi connectivity index (χ1v) is 6.42. The largest absolute Gasteiger partial charge is 0.320 e. The number of aryl methyl sites for hydroxylation is 2. The zero-order chi connectivity index (χ0) is 14.5. The van der Waals surface area contributed by atoms with E-state index in [0.717, 1.165) is 23.2 Å². The van der Waals surface area contributed by atoms with Gasteiger partial charge in [0.25, 0.3) is 5.91 Å². The first-order valence-electron chi connectivity index (χ1n) is 6.42. The second kappa shape index (κ2) is 5.98. The van der Waals surface area contributed by atoms with Crippen LogP contribution in [0.25, 0.3) is 0 Å². The van der Waals surface area contributed by atoms with Crippen LogP contribution in [0.4, 0.5) is 5.69 Å². The van der Waals surface area contributed by atoms with Crippen LogP contribution in [-0.2, 0) is 6.42 Å². The van der Waals surface area contributed by atoms with Gasteiger partial charge in [-0.3, -0.25) is 4.79 Å². The molecule has 0 saturated heterocycles. The molecule has 0 atom stereocenters. The lowest BCUT2D eigenvalue weighted by atomic mass is 10.1. The SMILES string of the molecule is CCc1cccc(C)c1NC(=O)c1cccc(C#N)n1. The molecule has 0 aliphatic heterocycles. The van der Waals surface area contributed by atoms with Crippen molar-refractivity contribution in [2.45, 2.75) is 20.3 Å². The van der Waals surface area contributed by atoms with E-state index in [4.69, 9.17) is 5.26 Å². The average molecular weight is 265 g/mol. The van der Waals surface area contributed by atoms with Crippen molar-refractivity contribution < 1.29 is 4.79 Å². The lowest BCUT2D eigenvalue weighted by Gasteiger charge is -2.12. The van der Waals surface area contributed by atoms with Gasteiger partial charge < -0.3 is 5.32 Å². The molecule has 0 unspecified atom stereocenters. The quantitative estimate of drug-likeness (QED) is 0.927. The smallest absolute Gasteiger partial charge is 0.274 e. The molecule has 1 heterocycles. The van der Waals surface area contributed by atoms with Crippen LogP contribution in [0.2, 0.25) is 0 Å². The number of pyridine rings is 1. The summed E-state index contributed by atoms with van der Waals surface area (Å²) in [5, 5.41) is 11.7. The predicted octanol–water partition coefficient (Wildman–Crippen LogP) is 3.08. The van der Waals surface area contributed by atoms with E-state index in [-0.39, 0.29) is 17.3 Å². The number of nitriles is 1. The molecule has 4 heteroatoms. The van der Waals surface area contributed by atoms with E-state index in [1.54, 1.807) is 18.2 Å². The molecule has 1 amide bonds. The monoisotopic (exact) mass is 265 g/mol. The number of nitrogens with zero attached hydrogens (tertiary/aromatic N) is 2. The van der Waals surface area contributed by atoms with E-state index in [2.05, 4.69) is 10.3 Å². The molecule has 1 N–H and O–H groups in total. The molecule has 0 aliphatic rings. The first kappa shape index (κ1) is 13.8. The minimum Gasteiger partial charge on any atom is -0.320 e. The molecule has 0 spiro atoms. The molecule has 0 bridgehead atoms. The van der Waals surface area contributed by atoms with Gasteiger partial charge in [-0.1, -0.05) is 31.2 Å². The summed E-state index contributed by atoms with van der Waals surface area (Å²) in [6.45, 7) is 3.99. The fourth-order valence-corrected chi connectivity index (χ4v) is 2.00. The van der Waals surface area contributed by atoms with Crippen LogP contribution in [0.15, 0.2) is 36.4 Å². The lowest BCUT2D eigenvalue weighted by Crippen LogP contribution is -2.16. The highest BCUT2D eigenvalue weighted by atomic mass is 16.1. The van der Waals surface area contributed by atoms with Gasteiger partial charge in [0, 0.05) is 5.69 Å². The van der Waals surface area contributed by atoms with Gasteiger partial charge >= 0.3 is 0 Å². The first-order chi connectivity index (χ1) is 9.65. The zero-order valence-electron chi connectivity index (χ0n) is 11.5. The topological polar surface area (TPSA) is 65.8 Å². The van der Waals surface area contributed by atoms with Gasteiger partial charge in [-0.25, -0.2) is 4.98 Å². The van der Waals surface area contributed by atoms with Crippen LogP contribution in [0.3, 0.4) is 0 Å². The number of rotatable bonds is 3. The van der Waals surface area contributed by atoms with Crippen molar-refractivity contribution in [2.75, 3.05) is 5.32 Å². The normalized spacial score (nSPS) is 9.85. The number of hydrogen-bond acceptors (Lipinski definition) is 3. The van der Waals surface area contributed by atoms with Crippen LogP contribution in [0.1, 0.15) is 34.2 Å². The lowest BCUT2D eigenvalue weighted by molar-refractivity contribution is 0.102. The third kappa shape index (κ3) is 2.83. The van der Waals surface area contributed by atoms with Gasteiger partial charge in [0.05, 0.1) is 0 Å². The van der Waals surface area contributed by atoms with E-state index in [0.29, 0.717) is 0 Å². The molecule has 2 aromatic rings. The number of anilines is 1. The average Bonchev–Trinajstić information content (AvgIpc) is 2.49. The molecule has 4 nitrogen and oxygen atoms in total. The Morgan fingerprint density at radius 1 is 1.30 bits per heavy atom. The summed E-state index contributed by atoms with van der Waals surface area (Å²) < 4.78 is 0. The molecule has 100 valence electrons. The van der Waals surface area contributed by atoms with Crippen molar-refractivity contribution in [3.63, 3.8) is 0 Å². The zero-order valence-corrected chi connectivity index (χ0v) is 11.5. The van der Waals surface area contributed by atoms with Gasteiger partial charge in [-0.15, -0.1) is 0 Å². The Kier molecular flexibility index (Phi) is 4.11. The maximum atomic E-state index is 12.2. The molecular formula is C16H15N3O. The maximum Gasteiger partial charge on any atom is 0.274 e.